The van der Waals surface area contributed by atoms with Crippen LogP contribution in [-0.2, 0) is 4.74 Å². The summed E-state index contributed by atoms with van der Waals surface area (Å²) in [7, 11) is 0. The maximum Gasteiger partial charge on any atom is 0.0466 e. The largest absolute Gasteiger partial charge is 0.381 e. The molecule has 0 atom stereocenters. The van der Waals surface area contributed by atoms with E-state index < -0.39 is 0 Å². The fraction of sp³-hybridized carbons (Fsp3) is 0.600. The van der Waals surface area contributed by atoms with Crippen LogP contribution in [0.15, 0.2) is 105 Å². The predicted molar refractivity (Wildman–Crippen MR) is 205 cm³/mol. The van der Waals surface area contributed by atoms with Crippen molar-refractivity contribution >= 4 is 0 Å². The molecular formula is C40H82O. The van der Waals surface area contributed by atoms with E-state index in [1.165, 1.54) is 128 Å². The van der Waals surface area contributed by atoms with Gasteiger partial charge < -0.3 is 4.74 Å². The van der Waals surface area contributed by atoms with Crippen molar-refractivity contribution < 1.29 is 4.74 Å². The summed E-state index contributed by atoms with van der Waals surface area (Å²) in [5.74, 6) is 0. The number of unbranched alkanes of at least 4 members (excludes halogenated alkanes) is 18. The van der Waals surface area contributed by atoms with Crippen LogP contribution >= 0.6 is 0 Å². The minimum absolute atomic E-state index is 0.994. The lowest BCUT2D eigenvalue weighted by molar-refractivity contribution is 0.125. The average molecular weight is 579 g/mol. The summed E-state index contributed by atoms with van der Waals surface area (Å²) in [4.78, 5) is 0. The summed E-state index contributed by atoms with van der Waals surface area (Å²) < 4.78 is 5.78. The number of hydrogen-bond acceptors (Lipinski definition) is 1. The van der Waals surface area contributed by atoms with E-state index in [1.54, 1.807) is 0 Å². The van der Waals surface area contributed by atoms with Crippen LogP contribution in [0.25, 0.3) is 0 Å². The van der Waals surface area contributed by atoms with Gasteiger partial charge in [0.1, 0.15) is 0 Å². The van der Waals surface area contributed by atoms with Gasteiger partial charge in [-0.05, 0) is 12.8 Å². The van der Waals surface area contributed by atoms with Crippen molar-refractivity contribution in [3.05, 3.63) is 105 Å². The predicted octanol–water partition coefficient (Wildman–Crippen LogP) is 15.3. The highest BCUT2D eigenvalue weighted by molar-refractivity contribution is 4.49. The molecule has 0 aromatic carbocycles. The molecule has 0 bridgehead atoms. The Kier molecular flexibility index (Phi) is 180. The average Bonchev–Trinajstić information content (AvgIpc) is 3.09. The van der Waals surface area contributed by atoms with Crippen LogP contribution < -0.4 is 0 Å². The van der Waals surface area contributed by atoms with Crippen LogP contribution in [0.4, 0.5) is 0 Å². The highest BCUT2D eigenvalue weighted by atomic mass is 16.5. The molecule has 0 saturated heterocycles. The Morgan fingerprint density at radius 1 is 0.244 bits per heavy atom. The highest BCUT2D eigenvalue weighted by Crippen LogP contribution is 2.12. The highest BCUT2D eigenvalue weighted by Gasteiger charge is 1.95. The van der Waals surface area contributed by atoms with Crippen molar-refractivity contribution in [2.24, 2.45) is 0 Å². The Hall–Kier alpha value is -2.12. The monoisotopic (exact) mass is 579 g/mol. The normalized spacial score (nSPS) is 7.66. The summed E-state index contributed by atoms with van der Waals surface area (Å²) in [5.41, 5.74) is 0. The molecule has 0 aromatic rings. The molecule has 0 spiro atoms. The fourth-order valence-electron chi connectivity index (χ4n) is 3.49. The van der Waals surface area contributed by atoms with Gasteiger partial charge in [0, 0.05) is 13.2 Å². The van der Waals surface area contributed by atoms with E-state index >= 15 is 0 Å². The van der Waals surface area contributed by atoms with E-state index in [1.807, 2.05) is 0 Å². The summed E-state index contributed by atoms with van der Waals surface area (Å²) in [6, 6.07) is 0. The van der Waals surface area contributed by atoms with Gasteiger partial charge in [-0.3, -0.25) is 0 Å². The lowest BCUT2D eigenvalue weighted by Crippen LogP contribution is -1.97. The second-order valence-corrected chi connectivity index (χ2v) is 7.98. The first-order valence-electron chi connectivity index (χ1n) is 16.0. The Balaban J connectivity index is -0.0000000779. The molecule has 0 saturated carbocycles. The summed E-state index contributed by atoms with van der Waals surface area (Å²) in [5, 5.41) is 0. The first-order chi connectivity index (χ1) is 20.4. The van der Waals surface area contributed by atoms with E-state index in [2.05, 4.69) is 119 Å². The van der Waals surface area contributed by atoms with Crippen LogP contribution in [0.5, 0.6) is 0 Å². The Morgan fingerprint density at radius 3 is 0.561 bits per heavy atom. The van der Waals surface area contributed by atoms with Gasteiger partial charge in [0.15, 0.2) is 0 Å². The second kappa shape index (κ2) is 118. The van der Waals surface area contributed by atoms with Gasteiger partial charge in [0.05, 0.1) is 0 Å². The summed E-state index contributed by atoms with van der Waals surface area (Å²) in [6.45, 7) is 54.6. The second-order valence-electron chi connectivity index (χ2n) is 7.98. The standard InChI is InChI=1S/C24H50O.8C2H4/c1-3-5-7-9-11-13-15-17-19-21-23-25-24-22-20-18-16-14-12-10-8-6-4-2;8*1-2/h3-24H2,1-2H3;8*1-2H2. The lowest BCUT2D eigenvalue weighted by Gasteiger charge is -2.05. The lowest BCUT2D eigenvalue weighted by atomic mass is 10.1. The van der Waals surface area contributed by atoms with Crippen molar-refractivity contribution in [1.82, 2.24) is 0 Å². The molecule has 1 heteroatoms. The zero-order valence-electron chi connectivity index (χ0n) is 29.3. The van der Waals surface area contributed by atoms with E-state index in [0.717, 1.165) is 13.2 Å². The van der Waals surface area contributed by atoms with Gasteiger partial charge in [-0.25, -0.2) is 0 Å². The number of rotatable bonds is 22. The molecule has 0 aromatic heterocycles. The molecule has 0 fully saturated rings. The molecule has 248 valence electrons. The van der Waals surface area contributed by atoms with Crippen molar-refractivity contribution in [3.8, 4) is 0 Å². The number of hydrogen-bond donors (Lipinski definition) is 0. The van der Waals surface area contributed by atoms with Crippen LogP contribution in [0, 0.1) is 0 Å². The third-order valence-corrected chi connectivity index (χ3v) is 5.28. The summed E-state index contributed by atoms with van der Waals surface area (Å²) >= 11 is 0. The minimum atomic E-state index is 0.994. The first-order valence-corrected chi connectivity index (χ1v) is 16.0. The van der Waals surface area contributed by atoms with Crippen molar-refractivity contribution in [2.75, 3.05) is 13.2 Å². The Bertz CT molecular complexity index is 268. The molecule has 41 heavy (non-hydrogen) atoms. The van der Waals surface area contributed by atoms with Gasteiger partial charge in [-0.2, -0.15) is 0 Å². The topological polar surface area (TPSA) is 9.23 Å². The van der Waals surface area contributed by atoms with Gasteiger partial charge in [-0.15, -0.1) is 105 Å². The van der Waals surface area contributed by atoms with Crippen molar-refractivity contribution in [1.29, 1.82) is 0 Å². The smallest absolute Gasteiger partial charge is 0.0466 e. The zero-order chi connectivity index (χ0) is 34.3. The SMILES string of the molecule is C=C.C=C.C=C.C=C.C=C.C=C.C=C.C=C.CCCCCCCCCCCCOCCCCCCCCCCCC. The molecule has 0 aliphatic carbocycles. The maximum absolute atomic E-state index is 5.78. The summed E-state index contributed by atoms with van der Waals surface area (Å²) in [6.07, 6.45) is 28.2. The van der Waals surface area contributed by atoms with Gasteiger partial charge in [0.2, 0.25) is 0 Å². The first kappa shape index (κ1) is 62.5. The molecule has 0 N–H and O–H groups in total. The van der Waals surface area contributed by atoms with Crippen LogP contribution in [0.1, 0.15) is 142 Å². The molecule has 0 aliphatic heterocycles. The fourth-order valence-corrected chi connectivity index (χ4v) is 3.49. The Morgan fingerprint density at radius 2 is 0.390 bits per heavy atom. The quantitative estimate of drug-likeness (QED) is 0.0916. The van der Waals surface area contributed by atoms with Crippen LogP contribution in [0.2, 0.25) is 0 Å². The van der Waals surface area contributed by atoms with E-state index in [0.29, 0.717) is 0 Å². The van der Waals surface area contributed by atoms with E-state index in [-0.39, 0.29) is 0 Å². The van der Waals surface area contributed by atoms with E-state index in [9.17, 15) is 0 Å². The molecule has 0 rings (SSSR count). The molecule has 0 unspecified atom stereocenters. The molecule has 0 radical (unpaired) electrons. The third kappa shape index (κ3) is 123. The third-order valence-electron chi connectivity index (χ3n) is 5.28. The maximum atomic E-state index is 5.78. The van der Waals surface area contributed by atoms with Gasteiger partial charge in [0.25, 0.3) is 0 Å². The van der Waals surface area contributed by atoms with Gasteiger partial charge in [-0.1, -0.05) is 129 Å². The zero-order valence-corrected chi connectivity index (χ0v) is 29.3. The minimum Gasteiger partial charge on any atom is -0.381 e. The van der Waals surface area contributed by atoms with E-state index in [4.69, 9.17) is 4.74 Å². The molecule has 0 heterocycles. The number of ether oxygens (including phenoxy) is 1. The molecule has 0 aliphatic rings. The molecule has 1 nitrogen and oxygen atoms in total. The molecule has 0 amide bonds. The van der Waals surface area contributed by atoms with Crippen LogP contribution in [-0.4, -0.2) is 13.2 Å². The molecular weight excluding hydrogens is 496 g/mol. The van der Waals surface area contributed by atoms with Gasteiger partial charge >= 0.3 is 0 Å². The van der Waals surface area contributed by atoms with Crippen molar-refractivity contribution in [3.63, 3.8) is 0 Å². The van der Waals surface area contributed by atoms with Crippen LogP contribution in [0.3, 0.4) is 0 Å². The Labute approximate surface area is 265 Å². The van der Waals surface area contributed by atoms with Crippen molar-refractivity contribution in [2.45, 2.75) is 142 Å².